The minimum absolute atomic E-state index is 0.0129. The second-order valence-corrected chi connectivity index (χ2v) is 6.96. The summed E-state index contributed by atoms with van der Waals surface area (Å²) < 4.78 is 44.4. The predicted molar refractivity (Wildman–Crippen MR) is 110 cm³/mol. The Kier molecular flexibility index (Phi) is 5.13. The van der Waals surface area contributed by atoms with Crippen LogP contribution in [0.2, 0.25) is 5.02 Å². The van der Waals surface area contributed by atoms with Crippen molar-refractivity contribution >= 4 is 34.2 Å². The van der Waals surface area contributed by atoms with Crippen LogP contribution in [-0.2, 0) is 6.18 Å². The number of fused-ring (bicyclic) bond motifs is 1. The van der Waals surface area contributed by atoms with E-state index in [0.717, 1.165) is 12.1 Å². The molecule has 4 rings (SSSR count). The number of allylic oxidation sites excluding steroid dienone is 1. The van der Waals surface area contributed by atoms with E-state index < -0.39 is 17.3 Å². The van der Waals surface area contributed by atoms with Crippen molar-refractivity contribution in [3.05, 3.63) is 87.1 Å². The van der Waals surface area contributed by atoms with E-state index in [1.54, 1.807) is 12.1 Å². The number of nitrogens with one attached hydrogen (secondary N) is 1. The first-order valence-corrected chi connectivity index (χ1v) is 9.21. The molecule has 0 fully saturated rings. The lowest BCUT2D eigenvalue weighted by Gasteiger charge is -2.07. The van der Waals surface area contributed by atoms with Crippen molar-refractivity contribution in [2.24, 2.45) is 0 Å². The highest BCUT2D eigenvalue weighted by Gasteiger charge is 2.30. The predicted octanol–water partition coefficient (Wildman–Crippen LogP) is 5.92. The van der Waals surface area contributed by atoms with Gasteiger partial charge in [-0.05, 0) is 42.5 Å². The monoisotopic (exact) mass is 441 g/mol. The van der Waals surface area contributed by atoms with Crippen LogP contribution in [-0.4, -0.2) is 9.97 Å². The number of hydrogen-bond donors (Lipinski definition) is 1. The van der Waals surface area contributed by atoms with Gasteiger partial charge in [-0.15, -0.1) is 0 Å². The highest BCUT2D eigenvalue weighted by molar-refractivity contribution is 6.31. The SMILES string of the molecule is N#C/C(=C\c1ccc(-c2cccc(C(F)(F)F)c2)o1)c1nc2ccc(Cl)cc2c(=O)[nH]1. The Morgan fingerprint density at radius 1 is 1.16 bits per heavy atom. The molecule has 0 aliphatic heterocycles. The maximum Gasteiger partial charge on any atom is 0.416 e. The largest absolute Gasteiger partial charge is 0.457 e. The topological polar surface area (TPSA) is 82.7 Å². The summed E-state index contributed by atoms with van der Waals surface area (Å²) in [6.07, 6.45) is -3.13. The summed E-state index contributed by atoms with van der Waals surface area (Å²) in [7, 11) is 0. The van der Waals surface area contributed by atoms with Crippen molar-refractivity contribution in [3.63, 3.8) is 0 Å². The van der Waals surface area contributed by atoms with Gasteiger partial charge in [0.1, 0.15) is 17.6 Å². The van der Waals surface area contributed by atoms with Crippen LogP contribution in [0.1, 0.15) is 17.1 Å². The van der Waals surface area contributed by atoms with Crippen molar-refractivity contribution in [2.75, 3.05) is 0 Å². The van der Waals surface area contributed by atoms with E-state index in [-0.39, 0.29) is 33.9 Å². The molecular formula is C22H11ClF3N3O2. The van der Waals surface area contributed by atoms with Gasteiger partial charge in [0.05, 0.1) is 22.0 Å². The molecule has 0 radical (unpaired) electrons. The number of aromatic nitrogens is 2. The van der Waals surface area contributed by atoms with Crippen LogP contribution in [0.5, 0.6) is 0 Å². The number of nitrogens with zero attached hydrogens (tertiary/aromatic N) is 2. The van der Waals surface area contributed by atoms with Crippen LogP contribution in [0.4, 0.5) is 13.2 Å². The lowest BCUT2D eigenvalue weighted by molar-refractivity contribution is -0.137. The molecule has 0 bridgehead atoms. The van der Waals surface area contributed by atoms with Gasteiger partial charge in [-0.25, -0.2) is 4.98 Å². The highest BCUT2D eigenvalue weighted by Crippen LogP contribution is 2.33. The number of hydrogen-bond acceptors (Lipinski definition) is 4. The van der Waals surface area contributed by atoms with Crippen LogP contribution in [0, 0.1) is 11.3 Å². The van der Waals surface area contributed by atoms with E-state index >= 15 is 0 Å². The van der Waals surface area contributed by atoms with Crippen molar-refractivity contribution in [3.8, 4) is 17.4 Å². The zero-order valence-electron chi connectivity index (χ0n) is 15.5. The quantitative estimate of drug-likeness (QED) is 0.400. The van der Waals surface area contributed by atoms with Gasteiger partial charge in [-0.3, -0.25) is 4.79 Å². The maximum atomic E-state index is 12.9. The summed E-state index contributed by atoms with van der Waals surface area (Å²) in [6, 6.07) is 14.3. The van der Waals surface area contributed by atoms with E-state index in [1.807, 2.05) is 6.07 Å². The molecule has 0 saturated carbocycles. The van der Waals surface area contributed by atoms with Gasteiger partial charge >= 0.3 is 6.18 Å². The molecule has 9 heteroatoms. The lowest BCUT2D eigenvalue weighted by Crippen LogP contribution is -2.11. The van der Waals surface area contributed by atoms with E-state index in [9.17, 15) is 23.2 Å². The minimum Gasteiger partial charge on any atom is -0.457 e. The number of rotatable bonds is 3. The first kappa shape index (κ1) is 20.4. The van der Waals surface area contributed by atoms with E-state index in [4.69, 9.17) is 16.0 Å². The molecule has 0 saturated heterocycles. The average molecular weight is 442 g/mol. The van der Waals surface area contributed by atoms with Crippen molar-refractivity contribution in [1.82, 2.24) is 9.97 Å². The second kappa shape index (κ2) is 7.78. The zero-order valence-corrected chi connectivity index (χ0v) is 16.3. The van der Waals surface area contributed by atoms with Gasteiger partial charge in [0.15, 0.2) is 5.82 Å². The van der Waals surface area contributed by atoms with E-state index in [1.165, 1.54) is 36.4 Å². The molecule has 2 heterocycles. The molecule has 1 N–H and O–H groups in total. The summed E-state index contributed by atoms with van der Waals surface area (Å²) in [5.41, 5.74) is -0.656. The normalized spacial score (nSPS) is 12.2. The van der Waals surface area contributed by atoms with Crippen LogP contribution < -0.4 is 5.56 Å². The summed E-state index contributed by atoms with van der Waals surface area (Å²) in [5.74, 6) is 0.436. The van der Waals surface area contributed by atoms with E-state index in [2.05, 4.69) is 9.97 Å². The Morgan fingerprint density at radius 3 is 2.71 bits per heavy atom. The highest BCUT2D eigenvalue weighted by atomic mass is 35.5. The Morgan fingerprint density at radius 2 is 1.97 bits per heavy atom. The number of alkyl halides is 3. The minimum atomic E-state index is -4.48. The molecule has 2 aromatic heterocycles. The number of nitriles is 1. The zero-order chi connectivity index (χ0) is 22.2. The Hall–Kier alpha value is -3.83. The third kappa shape index (κ3) is 4.22. The first-order valence-electron chi connectivity index (χ1n) is 8.84. The third-order valence-corrected chi connectivity index (χ3v) is 4.67. The van der Waals surface area contributed by atoms with Gasteiger partial charge in [-0.1, -0.05) is 23.7 Å². The molecule has 0 spiro atoms. The summed E-state index contributed by atoms with van der Waals surface area (Å²) in [6.45, 7) is 0. The van der Waals surface area contributed by atoms with Gasteiger partial charge in [0.25, 0.3) is 5.56 Å². The van der Waals surface area contributed by atoms with E-state index in [0.29, 0.717) is 10.5 Å². The van der Waals surface area contributed by atoms with Gasteiger partial charge < -0.3 is 9.40 Å². The molecular weight excluding hydrogens is 431 g/mol. The number of H-pyrrole nitrogens is 1. The molecule has 0 atom stereocenters. The Balaban J connectivity index is 1.72. The molecule has 0 amide bonds. The molecule has 2 aromatic carbocycles. The molecule has 5 nitrogen and oxygen atoms in total. The first-order chi connectivity index (χ1) is 14.7. The third-order valence-electron chi connectivity index (χ3n) is 4.43. The Labute approximate surface area is 178 Å². The van der Waals surface area contributed by atoms with Gasteiger partial charge in [0.2, 0.25) is 0 Å². The maximum absolute atomic E-state index is 12.9. The summed E-state index contributed by atoms with van der Waals surface area (Å²) in [5, 5.41) is 10.2. The standard InChI is InChI=1S/C22H11ClF3N3O2/c23-15-4-6-18-17(10-15)21(30)29-20(28-18)13(11-27)9-16-5-7-19(31-16)12-2-1-3-14(8-12)22(24,25)26/h1-10H,(H,28,29,30)/b13-9+. The number of furan rings is 1. The lowest BCUT2D eigenvalue weighted by atomic mass is 10.1. The summed E-state index contributed by atoms with van der Waals surface area (Å²) >= 11 is 5.90. The van der Waals surface area contributed by atoms with Crippen LogP contribution >= 0.6 is 11.6 Å². The number of benzene rings is 2. The van der Waals surface area contributed by atoms with Gasteiger partial charge in [0, 0.05) is 16.7 Å². The fourth-order valence-electron chi connectivity index (χ4n) is 2.97. The number of aromatic amines is 1. The van der Waals surface area contributed by atoms with Crippen molar-refractivity contribution in [2.45, 2.75) is 6.18 Å². The van der Waals surface area contributed by atoms with Crippen LogP contribution in [0.15, 0.2) is 63.8 Å². The van der Waals surface area contributed by atoms with Crippen molar-refractivity contribution in [1.29, 1.82) is 5.26 Å². The fraction of sp³-hybridized carbons (Fsp3) is 0.0455. The van der Waals surface area contributed by atoms with Crippen LogP contribution in [0.25, 0.3) is 33.9 Å². The molecule has 4 aromatic rings. The molecule has 0 unspecified atom stereocenters. The molecule has 154 valence electrons. The smallest absolute Gasteiger partial charge is 0.416 e. The van der Waals surface area contributed by atoms with Crippen molar-refractivity contribution < 1.29 is 17.6 Å². The fourth-order valence-corrected chi connectivity index (χ4v) is 3.14. The molecule has 31 heavy (non-hydrogen) atoms. The number of halogens is 4. The summed E-state index contributed by atoms with van der Waals surface area (Å²) in [4.78, 5) is 19.1. The molecule has 0 aliphatic carbocycles. The second-order valence-electron chi connectivity index (χ2n) is 6.53. The van der Waals surface area contributed by atoms with Gasteiger partial charge in [-0.2, -0.15) is 18.4 Å². The molecule has 0 aliphatic rings. The average Bonchev–Trinajstić information content (AvgIpc) is 3.20. The Bertz CT molecular complexity index is 1430. The van der Waals surface area contributed by atoms with Crippen LogP contribution in [0.3, 0.4) is 0 Å².